The number of phenolic OH excluding ortho intramolecular Hbond substituents is 1. The summed E-state index contributed by atoms with van der Waals surface area (Å²) in [5.41, 5.74) is 1.31. The lowest BCUT2D eigenvalue weighted by Crippen LogP contribution is -2.32. The van der Waals surface area contributed by atoms with Gasteiger partial charge in [0.1, 0.15) is 11.0 Å². The molecule has 2 N–H and O–H groups in total. The van der Waals surface area contributed by atoms with Gasteiger partial charge in [0, 0.05) is 15.3 Å². The molecule has 0 aliphatic carbocycles. The predicted octanol–water partition coefficient (Wildman–Crippen LogP) is 3.70. The second-order valence-electron chi connectivity index (χ2n) is 6.83. The zero-order chi connectivity index (χ0) is 20.3. The number of carbonyl (C=O) groups is 2. The molecule has 3 atom stereocenters. The molecule has 9 heteroatoms. The van der Waals surface area contributed by atoms with Gasteiger partial charge in [-0.3, -0.25) is 14.4 Å². The molecule has 6 nitrogen and oxygen atoms in total. The zero-order valence-corrected chi connectivity index (χ0v) is 17.9. The number of halogens is 1. The van der Waals surface area contributed by atoms with Crippen LogP contribution in [0.25, 0.3) is 0 Å². The van der Waals surface area contributed by atoms with Crippen molar-refractivity contribution in [2.24, 2.45) is 5.92 Å². The summed E-state index contributed by atoms with van der Waals surface area (Å²) in [6, 6.07) is 13.6. The van der Waals surface area contributed by atoms with Crippen LogP contribution in [0.15, 0.2) is 62.8 Å². The maximum atomic E-state index is 13.4. The van der Waals surface area contributed by atoms with Crippen LogP contribution < -0.4 is 9.77 Å². The number of anilines is 1. The summed E-state index contributed by atoms with van der Waals surface area (Å²) in [6.07, 6.45) is 0. The van der Waals surface area contributed by atoms with Gasteiger partial charge >= 0.3 is 4.87 Å². The highest BCUT2D eigenvalue weighted by atomic mass is 79.9. The van der Waals surface area contributed by atoms with Crippen LogP contribution in [0.1, 0.15) is 16.4 Å². The largest absolute Gasteiger partial charge is 0.508 e. The van der Waals surface area contributed by atoms with Crippen molar-refractivity contribution in [1.29, 1.82) is 0 Å². The summed E-state index contributed by atoms with van der Waals surface area (Å²) in [5, 5.41) is 9.67. The number of thiazole rings is 1. The van der Waals surface area contributed by atoms with Crippen LogP contribution in [0.2, 0.25) is 0 Å². The summed E-state index contributed by atoms with van der Waals surface area (Å²) in [6.45, 7) is 0. The third kappa shape index (κ3) is 2.95. The minimum Gasteiger partial charge on any atom is -0.508 e. The highest BCUT2D eigenvalue weighted by Gasteiger charge is 2.56. The van der Waals surface area contributed by atoms with Crippen LogP contribution in [-0.2, 0) is 9.59 Å². The van der Waals surface area contributed by atoms with Gasteiger partial charge in [0.2, 0.25) is 11.8 Å². The summed E-state index contributed by atoms with van der Waals surface area (Å²) in [5.74, 6) is -1.51. The number of aromatic nitrogens is 1. The first-order chi connectivity index (χ1) is 13.9. The van der Waals surface area contributed by atoms with Gasteiger partial charge in [-0.1, -0.05) is 51.2 Å². The molecule has 1 fully saturated rings. The first-order valence-electron chi connectivity index (χ1n) is 8.76. The molecule has 3 heterocycles. The van der Waals surface area contributed by atoms with Gasteiger partial charge in [-0.15, -0.1) is 0 Å². The smallest absolute Gasteiger partial charge is 0.305 e. The van der Waals surface area contributed by atoms with E-state index in [9.17, 15) is 19.5 Å². The standard InChI is InChI=1S/C20H13BrN2O4S2/c21-10-3-5-11(6-4-10)23-18(25)14-13(9-1-7-12(24)8-2-9)15-17(22-20(27)29-15)28-16(14)19(23)26/h1-8,13-14,16,24H,(H,22,27)/t13-,14-,16+/m1/s1. The van der Waals surface area contributed by atoms with Crippen molar-refractivity contribution in [3.8, 4) is 5.75 Å². The Morgan fingerprint density at radius 3 is 2.34 bits per heavy atom. The fourth-order valence-corrected chi connectivity index (χ4v) is 6.68. The van der Waals surface area contributed by atoms with Crippen molar-refractivity contribution in [2.45, 2.75) is 16.2 Å². The number of phenols is 1. The number of nitrogens with zero attached hydrogens (tertiary/aromatic N) is 1. The van der Waals surface area contributed by atoms with Crippen molar-refractivity contribution in [1.82, 2.24) is 4.98 Å². The van der Waals surface area contributed by atoms with Gasteiger partial charge in [0.05, 0.1) is 16.6 Å². The highest BCUT2D eigenvalue weighted by Crippen LogP contribution is 2.53. The Balaban J connectivity index is 1.64. The van der Waals surface area contributed by atoms with E-state index in [1.54, 1.807) is 48.5 Å². The number of rotatable bonds is 2. The molecule has 1 aromatic heterocycles. The van der Waals surface area contributed by atoms with E-state index in [1.807, 2.05) is 0 Å². The lowest BCUT2D eigenvalue weighted by atomic mass is 9.83. The Morgan fingerprint density at radius 2 is 1.66 bits per heavy atom. The maximum absolute atomic E-state index is 13.4. The normalized spacial score (nSPS) is 23.2. The summed E-state index contributed by atoms with van der Waals surface area (Å²) in [4.78, 5) is 43.3. The van der Waals surface area contributed by atoms with E-state index in [1.165, 1.54) is 16.7 Å². The van der Waals surface area contributed by atoms with Crippen molar-refractivity contribution in [2.75, 3.05) is 4.90 Å². The number of imide groups is 1. The monoisotopic (exact) mass is 488 g/mol. The molecular weight excluding hydrogens is 476 g/mol. The Kier molecular flexibility index (Phi) is 4.41. The molecule has 2 aromatic carbocycles. The number of H-pyrrole nitrogens is 1. The number of amides is 2. The predicted molar refractivity (Wildman–Crippen MR) is 115 cm³/mol. The number of benzene rings is 2. The number of fused-ring (bicyclic) bond motifs is 2. The van der Waals surface area contributed by atoms with Gasteiger partial charge in [-0.25, -0.2) is 4.90 Å². The Bertz CT molecular complexity index is 1190. The molecule has 0 bridgehead atoms. The first kappa shape index (κ1) is 18.7. The van der Waals surface area contributed by atoms with Gasteiger partial charge in [-0.05, 0) is 42.0 Å². The lowest BCUT2D eigenvalue weighted by Gasteiger charge is -2.29. The number of nitrogens with one attached hydrogen (secondary N) is 1. The second kappa shape index (κ2) is 6.86. The molecule has 5 rings (SSSR count). The number of carbonyl (C=O) groups excluding carboxylic acids is 2. The summed E-state index contributed by atoms with van der Waals surface area (Å²) < 4.78 is 0.855. The van der Waals surface area contributed by atoms with Crippen LogP contribution in [0.3, 0.4) is 0 Å². The molecule has 3 aromatic rings. The van der Waals surface area contributed by atoms with Crippen molar-refractivity contribution in [3.05, 3.63) is 73.1 Å². The van der Waals surface area contributed by atoms with Crippen LogP contribution in [-0.4, -0.2) is 27.2 Å². The SMILES string of the molecule is O=C1[C@@H]2[C@@H](c3ccc(O)cc3)c3sc(=O)[nH]c3S[C@@H]2C(=O)N1c1ccc(Br)cc1. The third-order valence-electron chi connectivity index (χ3n) is 5.16. The summed E-state index contributed by atoms with van der Waals surface area (Å²) in [7, 11) is 0. The third-order valence-corrected chi connectivity index (χ3v) is 8.09. The second-order valence-corrected chi connectivity index (χ2v) is 9.91. The van der Waals surface area contributed by atoms with E-state index in [4.69, 9.17) is 0 Å². The van der Waals surface area contributed by atoms with Crippen molar-refractivity contribution >= 4 is 56.5 Å². The average Bonchev–Trinajstić information content (AvgIpc) is 3.19. The minimum absolute atomic E-state index is 0.114. The van der Waals surface area contributed by atoms with Crippen LogP contribution >= 0.6 is 39.0 Å². The maximum Gasteiger partial charge on any atom is 0.305 e. The molecule has 146 valence electrons. The van der Waals surface area contributed by atoms with Gasteiger partial charge in [0.15, 0.2) is 0 Å². The number of hydrogen-bond acceptors (Lipinski definition) is 6. The molecule has 0 spiro atoms. The number of hydrogen-bond donors (Lipinski definition) is 2. The Hall–Kier alpha value is -2.36. The zero-order valence-electron chi connectivity index (χ0n) is 14.7. The molecule has 2 aliphatic heterocycles. The van der Waals surface area contributed by atoms with E-state index in [2.05, 4.69) is 20.9 Å². The van der Waals surface area contributed by atoms with Crippen LogP contribution in [0, 0.1) is 5.92 Å². The molecule has 0 unspecified atom stereocenters. The summed E-state index contributed by atoms with van der Waals surface area (Å²) >= 11 is 5.68. The Labute approximate surface area is 181 Å². The van der Waals surface area contributed by atoms with E-state index in [0.29, 0.717) is 10.7 Å². The number of aromatic amines is 1. The first-order valence-corrected chi connectivity index (χ1v) is 11.2. The molecule has 29 heavy (non-hydrogen) atoms. The Morgan fingerprint density at radius 1 is 0.966 bits per heavy atom. The molecule has 0 radical (unpaired) electrons. The van der Waals surface area contributed by atoms with Crippen molar-refractivity contribution in [3.63, 3.8) is 0 Å². The van der Waals surface area contributed by atoms with Crippen LogP contribution in [0.5, 0.6) is 5.75 Å². The van der Waals surface area contributed by atoms with Crippen molar-refractivity contribution < 1.29 is 14.7 Å². The van der Waals surface area contributed by atoms with Crippen LogP contribution in [0.4, 0.5) is 5.69 Å². The van der Waals surface area contributed by atoms with Gasteiger partial charge < -0.3 is 10.1 Å². The van der Waals surface area contributed by atoms with E-state index in [0.717, 1.165) is 26.3 Å². The fourth-order valence-electron chi connectivity index (χ4n) is 3.90. The van der Waals surface area contributed by atoms with E-state index >= 15 is 0 Å². The number of aromatic hydroxyl groups is 1. The topological polar surface area (TPSA) is 90.5 Å². The number of thioether (sulfide) groups is 1. The average molecular weight is 489 g/mol. The van der Waals surface area contributed by atoms with Gasteiger partial charge in [0.25, 0.3) is 0 Å². The highest BCUT2D eigenvalue weighted by molar-refractivity contribution is 9.10. The van der Waals surface area contributed by atoms with Gasteiger partial charge in [-0.2, -0.15) is 0 Å². The van der Waals surface area contributed by atoms with E-state index < -0.39 is 17.1 Å². The quantitative estimate of drug-likeness (QED) is 0.536. The molecular formula is C20H13BrN2O4S2. The van der Waals surface area contributed by atoms with E-state index in [-0.39, 0.29) is 22.4 Å². The lowest BCUT2D eigenvalue weighted by molar-refractivity contribution is -0.122. The molecule has 1 saturated heterocycles. The molecule has 2 aliphatic rings. The fraction of sp³-hybridized carbons (Fsp3) is 0.150. The minimum atomic E-state index is -0.625. The molecule has 0 saturated carbocycles. The molecule has 2 amide bonds.